The average Bonchev–Trinajstić information content (AvgIpc) is 2.27. The molecule has 1 aliphatic heterocycles. The molecule has 0 amide bonds. The molecule has 1 aliphatic rings. The molecule has 14 heavy (non-hydrogen) atoms. The first kappa shape index (κ1) is 9.53. The van der Waals surface area contributed by atoms with Gasteiger partial charge in [0.2, 0.25) is 0 Å². The summed E-state index contributed by atoms with van der Waals surface area (Å²) in [7, 11) is 0. The molecule has 1 heterocycles. The maximum atomic E-state index is 6.02. The first-order valence-corrected chi connectivity index (χ1v) is 5.27. The fourth-order valence-electron chi connectivity index (χ4n) is 1.96. The zero-order chi connectivity index (χ0) is 9.97. The molecule has 0 fully saturated rings. The van der Waals surface area contributed by atoms with Gasteiger partial charge in [-0.05, 0) is 24.5 Å². The van der Waals surface area contributed by atoms with Crippen LogP contribution in [0.2, 0.25) is 0 Å². The average molecular weight is 191 g/mol. The standard InChI is InChI=1S/C12H17NO/c1-2-11(13)10-7-9-5-3-4-6-12(9)14-8-10/h3-6,10-11H,2,7-8,13H2,1H3/t10?,11-/m1/s1. The summed E-state index contributed by atoms with van der Waals surface area (Å²) in [5.41, 5.74) is 7.32. The van der Waals surface area contributed by atoms with Gasteiger partial charge >= 0.3 is 0 Å². The van der Waals surface area contributed by atoms with Gasteiger partial charge in [0, 0.05) is 12.0 Å². The predicted octanol–water partition coefficient (Wildman–Crippen LogP) is 1.97. The molecule has 0 aromatic heterocycles. The van der Waals surface area contributed by atoms with Crippen LogP contribution in [0, 0.1) is 5.92 Å². The summed E-state index contributed by atoms with van der Waals surface area (Å²) in [5, 5.41) is 0. The van der Waals surface area contributed by atoms with Crippen molar-refractivity contribution in [1.82, 2.24) is 0 Å². The number of benzene rings is 1. The minimum Gasteiger partial charge on any atom is -0.493 e. The van der Waals surface area contributed by atoms with Gasteiger partial charge in [0.05, 0.1) is 6.61 Å². The Morgan fingerprint density at radius 2 is 2.29 bits per heavy atom. The lowest BCUT2D eigenvalue weighted by Crippen LogP contribution is -2.37. The Balaban J connectivity index is 2.13. The molecule has 1 aromatic carbocycles. The number of fused-ring (bicyclic) bond motifs is 1. The quantitative estimate of drug-likeness (QED) is 0.775. The molecule has 0 aliphatic carbocycles. The van der Waals surface area contributed by atoms with E-state index in [2.05, 4.69) is 19.1 Å². The third kappa shape index (κ3) is 1.75. The second-order valence-corrected chi connectivity index (χ2v) is 3.96. The van der Waals surface area contributed by atoms with Crippen molar-refractivity contribution in [3.8, 4) is 5.75 Å². The third-order valence-corrected chi connectivity index (χ3v) is 2.98. The summed E-state index contributed by atoms with van der Waals surface area (Å²) in [4.78, 5) is 0. The molecular formula is C12H17NO. The van der Waals surface area contributed by atoms with Crippen LogP contribution in [0.5, 0.6) is 5.75 Å². The predicted molar refractivity (Wildman–Crippen MR) is 57.4 cm³/mol. The molecule has 76 valence electrons. The highest BCUT2D eigenvalue weighted by molar-refractivity contribution is 5.35. The van der Waals surface area contributed by atoms with Gasteiger partial charge in [-0.1, -0.05) is 25.1 Å². The number of rotatable bonds is 2. The van der Waals surface area contributed by atoms with E-state index in [0.29, 0.717) is 5.92 Å². The number of para-hydroxylation sites is 1. The normalized spacial score (nSPS) is 22.3. The van der Waals surface area contributed by atoms with Crippen LogP contribution in [-0.4, -0.2) is 12.6 Å². The van der Waals surface area contributed by atoms with E-state index in [9.17, 15) is 0 Å². The lowest BCUT2D eigenvalue weighted by Gasteiger charge is -2.28. The van der Waals surface area contributed by atoms with Crippen molar-refractivity contribution < 1.29 is 4.74 Å². The molecule has 1 unspecified atom stereocenters. The van der Waals surface area contributed by atoms with Gasteiger partial charge in [-0.3, -0.25) is 0 Å². The van der Waals surface area contributed by atoms with Gasteiger partial charge in [-0.15, -0.1) is 0 Å². The molecule has 2 nitrogen and oxygen atoms in total. The van der Waals surface area contributed by atoms with Gasteiger partial charge < -0.3 is 10.5 Å². The molecule has 2 N–H and O–H groups in total. The zero-order valence-corrected chi connectivity index (χ0v) is 8.57. The molecule has 0 bridgehead atoms. The number of hydrogen-bond acceptors (Lipinski definition) is 2. The monoisotopic (exact) mass is 191 g/mol. The van der Waals surface area contributed by atoms with E-state index < -0.39 is 0 Å². The van der Waals surface area contributed by atoms with Gasteiger partial charge in [-0.25, -0.2) is 0 Å². The van der Waals surface area contributed by atoms with Crippen molar-refractivity contribution in [2.45, 2.75) is 25.8 Å². The summed E-state index contributed by atoms with van der Waals surface area (Å²) in [5.74, 6) is 1.52. The summed E-state index contributed by atoms with van der Waals surface area (Å²) in [6, 6.07) is 8.50. The van der Waals surface area contributed by atoms with Crippen LogP contribution >= 0.6 is 0 Å². The summed E-state index contributed by atoms with van der Waals surface area (Å²) < 4.78 is 5.68. The van der Waals surface area contributed by atoms with Crippen molar-refractivity contribution in [2.24, 2.45) is 11.7 Å². The maximum absolute atomic E-state index is 6.02. The van der Waals surface area contributed by atoms with Crippen LogP contribution in [0.1, 0.15) is 18.9 Å². The largest absolute Gasteiger partial charge is 0.493 e. The molecule has 0 saturated carbocycles. The van der Waals surface area contributed by atoms with Gasteiger partial charge in [0.25, 0.3) is 0 Å². The molecule has 2 rings (SSSR count). The Hall–Kier alpha value is -1.02. The lowest BCUT2D eigenvalue weighted by molar-refractivity contribution is 0.197. The van der Waals surface area contributed by atoms with Crippen molar-refractivity contribution in [2.75, 3.05) is 6.61 Å². The first-order valence-electron chi connectivity index (χ1n) is 5.27. The molecule has 0 radical (unpaired) electrons. The number of hydrogen-bond donors (Lipinski definition) is 1. The van der Waals surface area contributed by atoms with E-state index in [1.165, 1.54) is 5.56 Å². The van der Waals surface area contributed by atoms with Crippen LogP contribution in [0.3, 0.4) is 0 Å². The maximum Gasteiger partial charge on any atom is 0.122 e. The van der Waals surface area contributed by atoms with E-state index in [-0.39, 0.29) is 6.04 Å². The SMILES string of the molecule is CC[C@@H](N)C1COc2ccccc2C1. The Labute approximate surface area is 85.1 Å². The van der Waals surface area contributed by atoms with Gasteiger partial charge in [-0.2, -0.15) is 0 Å². The van der Waals surface area contributed by atoms with E-state index in [0.717, 1.165) is 25.2 Å². The van der Waals surface area contributed by atoms with Gasteiger partial charge in [0.15, 0.2) is 0 Å². The van der Waals surface area contributed by atoms with Crippen molar-refractivity contribution >= 4 is 0 Å². The number of ether oxygens (including phenoxy) is 1. The highest BCUT2D eigenvalue weighted by Crippen LogP contribution is 2.28. The van der Waals surface area contributed by atoms with Crippen LogP contribution in [0.25, 0.3) is 0 Å². The topological polar surface area (TPSA) is 35.2 Å². The molecule has 2 atom stereocenters. The third-order valence-electron chi connectivity index (χ3n) is 2.98. The molecule has 0 spiro atoms. The van der Waals surface area contributed by atoms with Crippen LogP contribution in [-0.2, 0) is 6.42 Å². The minimum atomic E-state index is 0.267. The van der Waals surface area contributed by atoms with E-state index in [1.807, 2.05) is 12.1 Å². The zero-order valence-electron chi connectivity index (χ0n) is 8.57. The summed E-state index contributed by atoms with van der Waals surface area (Å²) in [6.45, 7) is 2.90. The van der Waals surface area contributed by atoms with Crippen LogP contribution in [0.4, 0.5) is 0 Å². The van der Waals surface area contributed by atoms with Gasteiger partial charge in [0.1, 0.15) is 5.75 Å². The molecule has 1 aromatic rings. The molecular weight excluding hydrogens is 174 g/mol. The van der Waals surface area contributed by atoms with E-state index >= 15 is 0 Å². The van der Waals surface area contributed by atoms with Crippen molar-refractivity contribution in [1.29, 1.82) is 0 Å². The highest BCUT2D eigenvalue weighted by atomic mass is 16.5. The second-order valence-electron chi connectivity index (χ2n) is 3.96. The fourth-order valence-corrected chi connectivity index (χ4v) is 1.96. The Morgan fingerprint density at radius 1 is 1.50 bits per heavy atom. The smallest absolute Gasteiger partial charge is 0.122 e. The Kier molecular flexibility index (Phi) is 2.73. The Morgan fingerprint density at radius 3 is 3.07 bits per heavy atom. The summed E-state index contributed by atoms with van der Waals surface area (Å²) in [6.07, 6.45) is 2.08. The van der Waals surface area contributed by atoms with E-state index in [4.69, 9.17) is 10.5 Å². The highest BCUT2D eigenvalue weighted by Gasteiger charge is 2.23. The second kappa shape index (κ2) is 4.01. The number of nitrogens with two attached hydrogens (primary N) is 1. The minimum absolute atomic E-state index is 0.267. The van der Waals surface area contributed by atoms with E-state index in [1.54, 1.807) is 0 Å². The van der Waals surface area contributed by atoms with Crippen LogP contribution in [0.15, 0.2) is 24.3 Å². The molecule has 0 saturated heterocycles. The molecule has 2 heteroatoms. The van der Waals surface area contributed by atoms with Crippen molar-refractivity contribution in [3.05, 3.63) is 29.8 Å². The Bertz CT molecular complexity index is 311. The van der Waals surface area contributed by atoms with Crippen LogP contribution < -0.4 is 10.5 Å². The summed E-state index contributed by atoms with van der Waals surface area (Å²) >= 11 is 0. The lowest BCUT2D eigenvalue weighted by atomic mass is 9.90. The fraction of sp³-hybridized carbons (Fsp3) is 0.500. The van der Waals surface area contributed by atoms with Crippen molar-refractivity contribution in [3.63, 3.8) is 0 Å². The first-order chi connectivity index (χ1) is 6.81.